The zero-order chi connectivity index (χ0) is 11.2. The number of pyridine rings is 1. The van der Waals surface area contributed by atoms with E-state index in [0.29, 0.717) is 6.61 Å². The van der Waals surface area contributed by atoms with E-state index in [2.05, 4.69) is 4.98 Å². The lowest BCUT2D eigenvalue weighted by Gasteiger charge is -2.13. The van der Waals surface area contributed by atoms with Gasteiger partial charge in [0.1, 0.15) is 12.4 Å². The molecule has 3 nitrogen and oxygen atoms in total. The summed E-state index contributed by atoms with van der Waals surface area (Å²) in [5.41, 5.74) is 7.02. The average molecular weight is 214 g/mol. The van der Waals surface area contributed by atoms with Gasteiger partial charge < -0.3 is 10.5 Å². The highest BCUT2D eigenvalue weighted by molar-refractivity contribution is 5.21. The molecule has 0 aliphatic carbocycles. The van der Waals surface area contributed by atoms with Crippen molar-refractivity contribution in [3.05, 3.63) is 60.4 Å². The van der Waals surface area contributed by atoms with Gasteiger partial charge in [0.2, 0.25) is 0 Å². The van der Waals surface area contributed by atoms with Crippen molar-refractivity contribution in [2.75, 3.05) is 6.61 Å². The third-order valence-electron chi connectivity index (χ3n) is 2.31. The SMILES string of the molecule is NC(COc1ccccc1)c1ccncc1. The van der Waals surface area contributed by atoms with Gasteiger partial charge in [-0.1, -0.05) is 18.2 Å². The molecule has 1 aromatic heterocycles. The van der Waals surface area contributed by atoms with Gasteiger partial charge >= 0.3 is 0 Å². The molecule has 0 bridgehead atoms. The normalized spacial score (nSPS) is 12.1. The van der Waals surface area contributed by atoms with E-state index in [-0.39, 0.29) is 6.04 Å². The Morgan fingerprint density at radius 3 is 2.44 bits per heavy atom. The molecule has 0 saturated carbocycles. The first kappa shape index (κ1) is 10.6. The summed E-state index contributed by atoms with van der Waals surface area (Å²) < 4.78 is 5.58. The zero-order valence-electron chi connectivity index (χ0n) is 8.91. The van der Waals surface area contributed by atoms with Gasteiger partial charge in [-0.25, -0.2) is 0 Å². The van der Waals surface area contributed by atoms with Gasteiger partial charge in [-0.3, -0.25) is 4.98 Å². The maximum Gasteiger partial charge on any atom is 0.119 e. The van der Waals surface area contributed by atoms with Crippen LogP contribution in [-0.2, 0) is 0 Å². The van der Waals surface area contributed by atoms with Gasteiger partial charge in [-0.2, -0.15) is 0 Å². The Bertz CT molecular complexity index is 416. The number of nitrogens with zero attached hydrogens (tertiary/aromatic N) is 1. The van der Waals surface area contributed by atoms with Crippen LogP contribution in [-0.4, -0.2) is 11.6 Å². The number of hydrogen-bond acceptors (Lipinski definition) is 3. The first-order valence-corrected chi connectivity index (χ1v) is 5.19. The van der Waals surface area contributed by atoms with Crippen LogP contribution in [0.2, 0.25) is 0 Å². The van der Waals surface area contributed by atoms with Crippen LogP contribution in [0, 0.1) is 0 Å². The van der Waals surface area contributed by atoms with Crippen molar-refractivity contribution >= 4 is 0 Å². The molecule has 82 valence electrons. The fourth-order valence-electron chi connectivity index (χ4n) is 1.41. The summed E-state index contributed by atoms with van der Waals surface area (Å²) in [6, 6.07) is 13.3. The summed E-state index contributed by atoms with van der Waals surface area (Å²) in [6.45, 7) is 0.466. The molecular weight excluding hydrogens is 200 g/mol. The van der Waals surface area contributed by atoms with Crippen LogP contribution in [0.4, 0.5) is 0 Å². The van der Waals surface area contributed by atoms with E-state index in [1.165, 1.54) is 0 Å². The molecular formula is C13H14N2O. The number of benzene rings is 1. The van der Waals surface area contributed by atoms with E-state index in [1.807, 2.05) is 42.5 Å². The monoisotopic (exact) mass is 214 g/mol. The van der Waals surface area contributed by atoms with Gasteiger partial charge in [-0.05, 0) is 29.8 Å². The van der Waals surface area contributed by atoms with Crippen LogP contribution < -0.4 is 10.5 Å². The fourth-order valence-corrected chi connectivity index (χ4v) is 1.41. The summed E-state index contributed by atoms with van der Waals surface area (Å²) in [4.78, 5) is 3.95. The van der Waals surface area contributed by atoms with E-state index in [9.17, 15) is 0 Å². The third-order valence-corrected chi connectivity index (χ3v) is 2.31. The second kappa shape index (κ2) is 5.28. The van der Waals surface area contributed by atoms with Crippen LogP contribution in [0.25, 0.3) is 0 Å². The van der Waals surface area contributed by atoms with Crippen LogP contribution in [0.1, 0.15) is 11.6 Å². The molecule has 1 atom stereocenters. The molecule has 0 radical (unpaired) electrons. The lowest BCUT2D eigenvalue weighted by atomic mass is 10.1. The maximum atomic E-state index is 5.99. The standard InChI is InChI=1S/C13H14N2O/c14-13(11-6-8-15-9-7-11)10-16-12-4-2-1-3-5-12/h1-9,13H,10,14H2. The Labute approximate surface area is 94.9 Å². The molecule has 3 heteroatoms. The molecule has 0 fully saturated rings. The van der Waals surface area contributed by atoms with Crippen molar-refractivity contribution in [2.24, 2.45) is 5.73 Å². The second-order valence-corrected chi connectivity index (χ2v) is 3.51. The molecule has 1 aromatic carbocycles. The highest BCUT2D eigenvalue weighted by Gasteiger charge is 2.05. The number of hydrogen-bond donors (Lipinski definition) is 1. The maximum absolute atomic E-state index is 5.99. The molecule has 0 aliphatic heterocycles. The van der Waals surface area contributed by atoms with E-state index < -0.39 is 0 Å². The summed E-state index contributed by atoms with van der Waals surface area (Å²) in [6.07, 6.45) is 3.47. The number of para-hydroxylation sites is 1. The lowest BCUT2D eigenvalue weighted by molar-refractivity contribution is 0.290. The van der Waals surface area contributed by atoms with E-state index >= 15 is 0 Å². The van der Waals surface area contributed by atoms with Crippen LogP contribution in [0.5, 0.6) is 5.75 Å². The van der Waals surface area contributed by atoms with E-state index in [1.54, 1.807) is 12.4 Å². The highest BCUT2D eigenvalue weighted by Crippen LogP contribution is 2.13. The van der Waals surface area contributed by atoms with Gasteiger partial charge in [0, 0.05) is 12.4 Å². The Hall–Kier alpha value is -1.87. The lowest BCUT2D eigenvalue weighted by Crippen LogP contribution is -2.18. The average Bonchev–Trinajstić information content (AvgIpc) is 2.38. The quantitative estimate of drug-likeness (QED) is 0.848. The van der Waals surface area contributed by atoms with Gasteiger partial charge in [0.05, 0.1) is 6.04 Å². The van der Waals surface area contributed by atoms with Crippen LogP contribution >= 0.6 is 0 Å². The van der Waals surface area contributed by atoms with Crippen molar-refractivity contribution in [3.63, 3.8) is 0 Å². The predicted octanol–water partition coefficient (Wildman–Crippen LogP) is 2.16. The Kier molecular flexibility index (Phi) is 3.51. The zero-order valence-corrected chi connectivity index (χ0v) is 8.91. The highest BCUT2D eigenvalue weighted by atomic mass is 16.5. The summed E-state index contributed by atoms with van der Waals surface area (Å²) in [7, 11) is 0. The van der Waals surface area contributed by atoms with E-state index in [4.69, 9.17) is 10.5 Å². The van der Waals surface area contributed by atoms with Crippen LogP contribution in [0.3, 0.4) is 0 Å². The third kappa shape index (κ3) is 2.81. The summed E-state index contributed by atoms with van der Waals surface area (Å²) in [5.74, 6) is 0.840. The van der Waals surface area contributed by atoms with Crippen molar-refractivity contribution in [2.45, 2.75) is 6.04 Å². The van der Waals surface area contributed by atoms with Crippen molar-refractivity contribution < 1.29 is 4.74 Å². The van der Waals surface area contributed by atoms with E-state index in [0.717, 1.165) is 11.3 Å². The molecule has 0 aliphatic rings. The Morgan fingerprint density at radius 1 is 1.06 bits per heavy atom. The molecule has 1 heterocycles. The number of aromatic nitrogens is 1. The molecule has 2 N–H and O–H groups in total. The molecule has 0 saturated heterocycles. The Balaban J connectivity index is 1.92. The minimum Gasteiger partial charge on any atom is -0.492 e. The molecule has 1 unspecified atom stereocenters. The first-order chi connectivity index (χ1) is 7.86. The number of nitrogens with two attached hydrogens (primary N) is 1. The number of ether oxygens (including phenoxy) is 1. The molecule has 2 aromatic rings. The first-order valence-electron chi connectivity index (χ1n) is 5.19. The molecule has 0 amide bonds. The predicted molar refractivity (Wildman–Crippen MR) is 63.1 cm³/mol. The van der Waals surface area contributed by atoms with Gasteiger partial charge in [-0.15, -0.1) is 0 Å². The summed E-state index contributed by atoms with van der Waals surface area (Å²) >= 11 is 0. The fraction of sp³-hybridized carbons (Fsp3) is 0.154. The smallest absolute Gasteiger partial charge is 0.119 e. The minimum atomic E-state index is -0.122. The summed E-state index contributed by atoms with van der Waals surface area (Å²) in [5, 5.41) is 0. The Morgan fingerprint density at radius 2 is 1.75 bits per heavy atom. The van der Waals surface area contributed by atoms with Crippen molar-refractivity contribution in [1.82, 2.24) is 4.98 Å². The largest absolute Gasteiger partial charge is 0.492 e. The van der Waals surface area contributed by atoms with Gasteiger partial charge in [0.25, 0.3) is 0 Å². The van der Waals surface area contributed by atoms with Crippen molar-refractivity contribution in [1.29, 1.82) is 0 Å². The second-order valence-electron chi connectivity index (χ2n) is 3.51. The van der Waals surface area contributed by atoms with Gasteiger partial charge in [0.15, 0.2) is 0 Å². The molecule has 16 heavy (non-hydrogen) atoms. The molecule has 2 rings (SSSR count). The minimum absolute atomic E-state index is 0.122. The topological polar surface area (TPSA) is 48.1 Å². The number of rotatable bonds is 4. The van der Waals surface area contributed by atoms with Crippen LogP contribution in [0.15, 0.2) is 54.9 Å². The molecule has 0 spiro atoms. The van der Waals surface area contributed by atoms with Crippen molar-refractivity contribution in [3.8, 4) is 5.75 Å².